The number of rotatable bonds is 5. The van der Waals surface area contributed by atoms with Gasteiger partial charge < -0.3 is 20.1 Å². The Morgan fingerprint density at radius 3 is 2.54 bits per heavy atom. The molecule has 0 radical (unpaired) electrons. The molecule has 0 saturated carbocycles. The van der Waals surface area contributed by atoms with Crippen LogP contribution in [0.25, 0.3) is 0 Å². The minimum absolute atomic E-state index is 0.107. The third-order valence-corrected chi connectivity index (χ3v) is 4.52. The first-order valence-electron chi connectivity index (χ1n) is 8.36. The number of nitrogens with one attached hydrogen (secondary N) is 1. The van der Waals surface area contributed by atoms with Gasteiger partial charge in [-0.05, 0) is 36.5 Å². The molecule has 132 valence electrons. The molecule has 2 amide bonds. The van der Waals surface area contributed by atoms with Crippen molar-refractivity contribution in [3.05, 3.63) is 29.8 Å². The summed E-state index contributed by atoms with van der Waals surface area (Å²) in [7, 11) is 1.62. The lowest BCUT2D eigenvalue weighted by molar-refractivity contribution is -0.143. The van der Waals surface area contributed by atoms with Gasteiger partial charge in [-0.2, -0.15) is 0 Å². The normalized spacial score (nSPS) is 21.9. The number of carboxylic acid groups (broad SMARTS) is 1. The molecule has 1 aliphatic rings. The SMILES string of the molecule is CCC(NC(=O)N1CC(C)CC(C(=O)O)C1)c1ccc(OC)cc1. The number of urea groups is 1. The van der Waals surface area contributed by atoms with E-state index in [-0.39, 0.29) is 24.5 Å². The third kappa shape index (κ3) is 4.40. The summed E-state index contributed by atoms with van der Waals surface area (Å²) in [5.74, 6) is -0.358. The molecule has 6 nitrogen and oxygen atoms in total. The highest BCUT2D eigenvalue weighted by atomic mass is 16.5. The average Bonchev–Trinajstić information content (AvgIpc) is 2.59. The summed E-state index contributed by atoms with van der Waals surface area (Å²) in [5.41, 5.74) is 1.01. The maximum absolute atomic E-state index is 12.6. The molecule has 2 N–H and O–H groups in total. The fraction of sp³-hybridized carbons (Fsp3) is 0.556. The smallest absolute Gasteiger partial charge is 0.317 e. The van der Waals surface area contributed by atoms with Crippen LogP contribution in [0.4, 0.5) is 4.79 Å². The summed E-state index contributed by atoms with van der Waals surface area (Å²) < 4.78 is 5.15. The van der Waals surface area contributed by atoms with Crippen molar-refractivity contribution in [3.8, 4) is 5.75 Å². The summed E-state index contributed by atoms with van der Waals surface area (Å²) in [5, 5.41) is 12.3. The van der Waals surface area contributed by atoms with Gasteiger partial charge in [0.1, 0.15) is 5.75 Å². The molecule has 24 heavy (non-hydrogen) atoms. The Balaban J connectivity index is 2.03. The second-order valence-corrected chi connectivity index (χ2v) is 6.46. The molecule has 2 rings (SSSR count). The molecule has 1 fully saturated rings. The van der Waals surface area contributed by atoms with E-state index in [1.54, 1.807) is 12.0 Å². The number of benzene rings is 1. The summed E-state index contributed by atoms with van der Waals surface area (Å²) in [4.78, 5) is 25.5. The van der Waals surface area contributed by atoms with Crippen molar-refractivity contribution < 1.29 is 19.4 Å². The Hall–Kier alpha value is -2.24. The van der Waals surface area contributed by atoms with Crippen LogP contribution in [0.2, 0.25) is 0 Å². The minimum atomic E-state index is -0.832. The standard InChI is InChI=1S/C18H26N2O4/c1-4-16(13-5-7-15(24-3)8-6-13)19-18(23)20-10-12(2)9-14(11-20)17(21)22/h5-8,12,14,16H,4,9-11H2,1-3H3,(H,19,23)(H,21,22). The van der Waals surface area contributed by atoms with Crippen LogP contribution in [-0.4, -0.2) is 42.2 Å². The summed E-state index contributed by atoms with van der Waals surface area (Å²) in [6, 6.07) is 7.30. The summed E-state index contributed by atoms with van der Waals surface area (Å²) in [6.45, 7) is 4.85. The van der Waals surface area contributed by atoms with E-state index >= 15 is 0 Å². The number of methoxy groups -OCH3 is 1. The Labute approximate surface area is 142 Å². The van der Waals surface area contributed by atoms with Crippen LogP contribution in [0.5, 0.6) is 5.75 Å². The van der Waals surface area contributed by atoms with Crippen LogP contribution in [0, 0.1) is 11.8 Å². The lowest BCUT2D eigenvalue weighted by atomic mass is 9.91. The van der Waals surface area contributed by atoms with E-state index in [0.29, 0.717) is 13.0 Å². The Kier molecular flexibility index (Phi) is 6.06. The highest BCUT2D eigenvalue weighted by molar-refractivity contribution is 5.77. The topological polar surface area (TPSA) is 78.9 Å². The number of carboxylic acids is 1. The van der Waals surface area contributed by atoms with Crippen molar-refractivity contribution in [1.82, 2.24) is 10.2 Å². The minimum Gasteiger partial charge on any atom is -0.497 e. The van der Waals surface area contributed by atoms with E-state index < -0.39 is 11.9 Å². The number of hydrogen-bond acceptors (Lipinski definition) is 3. The lowest BCUT2D eigenvalue weighted by Crippen LogP contribution is -2.50. The van der Waals surface area contributed by atoms with Crippen LogP contribution in [0.3, 0.4) is 0 Å². The van der Waals surface area contributed by atoms with Gasteiger partial charge in [0, 0.05) is 13.1 Å². The van der Waals surface area contributed by atoms with Crippen molar-refractivity contribution in [2.45, 2.75) is 32.7 Å². The molecule has 3 unspecified atom stereocenters. The number of aliphatic carboxylic acids is 1. The monoisotopic (exact) mass is 334 g/mol. The van der Waals surface area contributed by atoms with Crippen LogP contribution in [0.15, 0.2) is 24.3 Å². The first-order valence-corrected chi connectivity index (χ1v) is 8.36. The molecule has 0 spiro atoms. The van der Waals surface area contributed by atoms with Crippen LogP contribution < -0.4 is 10.1 Å². The van der Waals surface area contributed by atoms with E-state index in [4.69, 9.17) is 4.74 Å². The third-order valence-electron chi connectivity index (χ3n) is 4.52. The first kappa shape index (κ1) is 18.1. The maximum atomic E-state index is 12.6. The first-order chi connectivity index (χ1) is 11.4. The largest absolute Gasteiger partial charge is 0.497 e. The number of amides is 2. The lowest BCUT2D eigenvalue weighted by Gasteiger charge is -2.35. The predicted octanol–water partition coefficient (Wildman–Crippen LogP) is 2.90. The number of carbonyl (C=O) groups is 2. The number of hydrogen-bond donors (Lipinski definition) is 2. The zero-order chi connectivity index (χ0) is 17.7. The highest BCUT2D eigenvalue weighted by Gasteiger charge is 2.32. The fourth-order valence-electron chi connectivity index (χ4n) is 3.19. The molecule has 1 heterocycles. The van der Waals surface area contributed by atoms with Gasteiger partial charge in [-0.15, -0.1) is 0 Å². The van der Waals surface area contributed by atoms with E-state index in [2.05, 4.69) is 5.32 Å². The van der Waals surface area contributed by atoms with E-state index in [1.165, 1.54) is 0 Å². The molecule has 1 aromatic rings. The highest BCUT2D eigenvalue weighted by Crippen LogP contribution is 2.24. The predicted molar refractivity (Wildman–Crippen MR) is 91.0 cm³/mol. The summed E-state index contributed by atoms with van der Waals surface area (Å²) >= 11 is 0. The number of piperidine rings is 1. The van der Waals surface area contributed by atoms with Gasteiger partial charge in [-0.25, -0.2) is 4.79 Å². The van der Waals surface area contributed by atoms with Crippen molar-refractivity contribution in [2.24, 2.45) is 11.8 Å². The van der Waals surface area contributed by atoms with Crippen LogP contribution in [-0.2, 0) is 4.79 Å². The zero-order valence-electron chi connectivity index (χ0n) is 14.5. The van der Waals surface area contributed by atoms with Gasteiger partial charge in [0.25, 0.3) is 0 Å². The number of ether oxygens (including phenoxy) is 1. The molecule has 6 heteroatoms. The molecule has 0 aromatic heterocycles. The molecule has 1 aromatic carbocycles. The average molecular weight is 334 g/mol. The van der Waals surface area contributed by atoms with Crippen LogP contribution in [0.1, 0.15) is 38.3 Å². The van der Waals surface area contributed by atoms with Gasteiger partial charge in [0.15, 0.2) is 0 Å². The fourth-order valence-corrected chi connectivity index (χ4v) is 3.19. The second-order valence-electron chi connectivity index (χ2n) is 6.46. The Morgan fingerprint density at radius 2 is 2.00 bits per heavy atom. The van der Waals surface area contributed by atoms with Gasteiger partial charge in [0.05, 0.1) is 19.1 Å². The van der Waals surface area contributed by atoms with E-state index in [0.717, 1.165) is 17.7 Å². The zero-order valence-corrected chi connectivity index (χ0v) is 14.5. The number of nitrogens with zero attached hydrogens (tertiary/aromatic N) is 1. The van der Waals surface area contributed by atoms with Gasteiger partial charge >= 0.3 is 12.0 Å². The van der Waals surface area contributed by atoms with Crippen molar-refractivity contribution >= 4 is 12.0 Å². The molecule has 1 saturated heterocycles. The number of carbonyl (C=O) groups excluding carboxylic acids is 1. The van der Waals surface area contributed by atoms with Crippen LogP contribution >= 0.6 is 0 Å². The summed E-state index contributed by atoms with van der Waals surface area (Å²) in [6.07, 6.45) is 1.37. The molecular formula is C18H26N2O4. The number of likely N-dealkylation sites (tertiary alicyclic amines) is 1. The van der Waals surface area contributed by atoms with Gasteiger partial charge in [-0.1, -0.05) is 26.0 Å². The maximum Gasteiger partial charge on any atom is 0.317 e. The molecule has 1 aliphatic heterocycles. The van der Waals surface area contributed by atoms with E-state index in [1.807, 2.05) is 38.1 Å². The second kappa shape index (κ2) is 8.04. The Morgan fingerprint density at radius 1 is 1.33 bits per heavy atom. The molecule has 0 bridgehead atoms. The Bertz CT molecular complexity index is 573. The molecule has 0 aliphatic carbocycles. The van der Waals surface area contributed by atoms with Gasteiger partial charge in [-0.3, -0.25) is 4.79 Å². The van der Waals surface area contributed by atoms with Crippen molar-refractivity contribution in [2.75, 3.05) is 20.2 Å². The quantitative estimate of drug-likeness (QED) is 0.868. The van der Waals surface area contributed by atoms with Crippen molar-refractivity contribution in [1.29, 1.82) is 0 Å². The molecular weight excluding hydrogens is 308 g/mol. The molecule has 3 atom stereocenters. The van der Waals surface area contributed by atoms with Gasteiger partial charge in [0.2, 0.25) is 0 Å². The van der Waals surface area contributed by atoms with Crippen molar-refractivity contribution in [3.63, 3.8) is 0 Å². The van der Waals surface area contributed by atoms with E-state index in [9.17, 15) is 14.7 Å².